The summed E-state index contributed by atoms with van der Waals surface area (Å²) in [4.78, 5) is 11.3. The van der Waals surface area contributed by atoms with Crippen LogP contribution in [0.3, 0.4) is 0 Å². The molecule has 22 heavy (non-hydrogen) atoms. The van der Waals surface area contributed by atoms with Crippen LogP contribution in [0, 0.1) is 0 Å². The molecule has 0 aliphatic heterocycles. The summed E-state index contributed by atoms with van der Waals surface area (Å²) in [6.07, 6.45) is 11.3. The molecule has 5 nitrogen and oxygen atoms in total. The van der Waals surface area contributed by atoms with Crippen molar-refractivity contribution in [3.8, 4) is 0 Å². The SMILES string of the molecule is CCCCCCCCCCCC(=O)OCCCS(=O)(=O)O.[NaH]. The number of carbonyl (C=O) groups is 1. The first-order valence-electron chi connectivity index (χ1n) is 8.06. The summed E-state index contributed by atoms with van der Waals surface area (Å²) in [5, 5.41) is 0. The number of ether oxygens (including phenoxy) is 1. The molecule has 128 valence electrons. The summed E-state index contributed by atoms with van der Waals surface area (Å²) in [5.74, 6) is -0.647. The van der Waals surface area contributed by atoms with Crippen LogP contribution in [0.2, 0.25) is 0 Å². The van der Waals surface area contributed by atoms with Crippen molar-refractivity contribution in [1.82, 2.24) is 0 Å². The molecule has 0 heterocycles. The maximum atomic E-state index is 11.3. The third kappa shape index (κ3) is 20.4. The number of rotatable bonds is 14. The van der Waals surface area contributed by atoms with Crippen LogP contribution in [-0.4, -0.2) is 60.9 Å². The van der Waals surface area contributed by atoms with Gasteiger partial charge in [0.05, 0.1) is 12.4 Å². The van der Waals surface area contributed by atoms with Crippen molar-refractivity contribution in [2.24, 2.45) is 0 Å². The standard InChI is InChI=1S/C15H30O5S.Na.H/c1-2-3-4-5-6-7-8-9-10-12-15(16)20-13-11-14-21(17,18)19;;/h2-14H2,1H3,(H,17,18,19);;. The zero-order chi connectivity index (χ0) is 16.0. The van der Waals surface area contributed by atoms with Gasteiger partial charge < -0.3 is 4.74 Å². The average Bonchev–Trinajstić information content (AvgIpc) is 2.41. The van der Waals surface area contributed by atoms with Gasteiger partial charge >= 0.3 is 35.5 Å². The summed E-state index contributed by atoms with van der Waals surface area (Å²) >= 11 is 0. The van der Waals surface area contributed by atoms with Gasteiger partial charge in [0.25, 0.3) is 10.1 Å². The average molecular weight is 346 g/mol. The molecule has 7 heteroatoms. The second-order valence-corrected chi connectivity index (χ2v) is 7.01. The summed E-state index contributed by atoms with van der Waals surface area (Å²) in [6.45, 7) is 2.26. The van der Waals surface area contributed by atoms with Gasteiger partial charge in [-0.25, -0.2) is 0 Å². The van der Waals surface area contributed by atoms with Gasteiger partial charge in [-0.1, -0.05) is 58.3 Å². The summed E-state index contributed by atoms with van der Waals surface area (Å²) in [7, 11) is -3.95. The van der Waals surface area contributed by atoms with Gasteiger partial charge in [0.1, 0.15) is 0 Å². The van der Waals surface area contributed by atoms with Gasteiger partial charge in [-0.05, 0) is 12.8 Å². The molecule has 0 aromatic carbocycles. The third-order valence-electron chi connectivity index (χ3n) is 3.29. The van der Waals surface area contributed by atoms with E-state index in [-0.39, 0.29) is 54.3 Å². The molecule has 0 aliphatic rings. The molecular formula is C15H31NaO5S. The quantitative estimate of drug-likeness (QED) is 0.226. The molecule has 0 aromatic rings. The monoisotopic (exact) mass is 346 g/mol. The summed E-state index contributed by atoms with van der Waals surface area (Å²) in [5.41, 5.74) is 0. The van der Waals surface area contributed by atoms with E-state index >= 15 is 0 Å². The Morgan fingerprint density at radius 3 is 1.91 bits per heavy atom. The van der Waals surface area contributed by atoms with E-state index in [1.54, 1.807) is 0 Å². The predicted octanol–water partition coefficient (Wildman–Crippen LogP) is 3.08. The Kier molecular flexibility index (Phi) is 18.2. The van der Waals surface area contributed by atoms with Crippen LogP contribution in [0.1, 0.15) is 77.6 Å². The van der Waals surface area contributed by atoms with Crippen molar-refractivity contribution < 1.29 is 22.5 Å². The molecule has 0 aromatic heterocycles. The molecule has 0 rings (SSSR count). The minimum atomic E-state index is -3.95. The van der Waals surface area contributed by atoms with E-state index in [0.29, 0.717) is 6.42 Å². The van der Waals surface area contributed by atoms with Crippen molar-refractivity contribution in [3.63, 3.8) is 0 Å². The van der Waals surface area contributed by atoms with Crippen LogP contribution in [0.5, 0.6) is 0 Å². The van der Waals surface area contributed by atoms with Crippen molar-refractivity contribution in [2.45, 2.75) is 77.6 Å². The zero-order valence-corrected chi connectivity index (χ0v) is 14.0. The normalized spacial score (nSPS) is 11.0. The molecule has 0 unspecified atom stereocenters. The summed E-state index contributed by atoms with van der Waals surface area (Å²) < 4.78 is 34.3. The first-order chi connectivity index (χ1) is 9.95. The number of hydrogen-bond donors (Lipinski definition) is 1. The Bertz CT molecular complexity index is 357. The first-order valence-corrected chi connectivity index (χ1v) is 9.67. The number of unbranched alkanes of at least 4 members (excludes halogenated alkanes) is 8. The van der Waals surface area contributed by atoms with Crippen LogP contribution < -0.4 is 0 Å². The molecule has 0 atom stereocenters. The van der Waals surface area contributed by atoms with E-state index in [4.69, 9.17) is 9.29 Å². The minimum absolute atomic E-state index is 0. The van der Waals surface area contributed by atoms with Crippen LogP contribution in [0.4, 0.5) is 0 Å². The molecule has 0 radical (unpaired) electrons. The Labute approximate surface area is 157 Å². The van der Waals surface area contributed by atoms with Gasteiger partial charge in [0, 0.05) is 6.42 Å². The van der Waals surface area contributed by atoms with Crippen LogP contribution in [0.25, 0.3) is 0 Å². The maximum absolute atomic E-state index is 11.3. The second-order valence-electron chi connectivity index (χ2n) is 5.44. The third-order valence-corrected chi connectivity index (χ3v) is 4.10. The predicted molar refractivity (Wildman–Crippen MR) is 91.0 cm³/mol. The molecule has 1 N–H and O–H groups in total. The molecule has 0 saturated carbocycles. The Morgan fingerprint density at radius 1 is 0.909 bits per heavy atom. The molecule has 0 aliphatic carbocycles. The second kappa shape index (κ2) is 16.2. The summed E-state index contributed by atoms with van der Waals surface area (Å²) in [6, 6.07) is 0. The van der Waals surface area contributed by atoms with E-state index in [1.807, 2.05) is 0 Å². The van der Waals surface area contributed by atoms with E-state index in [9.17, 15) is 13.2 Å². The molecule has 0 fully saturated rings. The Morgan fingerprint density at radius 2 is 1.41 bits per heavy atom. The Hall–Kier alpha value is 0.380. The fourth-order valence-corrected chi connectivity index (χ4v) is 2.56. The molecule has 0 saturated heterocycles. The molecular weight excluding hydrogens is 315 g/mol. The number of carbonyl (C=O) groups excluding carboxylic acids is 1. The fraction of sp³-hybridized carbons (Fsp3) is 0.933. The molecule has 0 amide bonds. The van der Waals surface area contributed by atoms with Crippen LogP contribution >= 0.6 is 0 Å². The van der Waals surface area contributed by atoms with E-state index in [2.05, 4.69) is 6.92 Å². The number of hydrogen-bond acceptors (Lipinski definition) is 4. The van der Waals surface area contributed by atoms with E-state index in [0.717, 1.165) is 19.3 Å². The van der Waals surface area contributed by atoms with Gasteiger partial charge in [0.2, 0.25) is 0 Å². The van der Waals surface area contributed by atoms with Crippen molar-refractivity contribution in [2.75, 3.05) is 12.4 Å². The van der Waals surface area contributed by atoms with Gasteiger partial charge in [-0.2, -0.15) is 8.42 Å². The fourth-order valence-electron chi connectivity index (χ4n) is 2.08. The zero-order valence-electron chi connectivity index (χ0n) is 13.2. The van der Waals surface area contributed by atoms with Gasteiger partial charge in [-0.15, -0.1) is 0 Å². The van der Waals surface area contributed by atoms with Crippen molar-refractivity contribution >= 4 is 45.6 Å². The van der Waals surface area contributed by atoms with Crippen LogP contribution in [-0.2, 0) is 19.6 Å². The first kappa shape index (κ1) is 24.6. The van der Waals surface area contributed by atoms with Crippen molar-refractivity contribution in [3.05, 3.63) is 0 Å². The molecule has 0 spiro atoms. The number of esters is 1. The topological polar surface area (TPSA) is 80.7 Å². The van der Waals surface area contributed by atoms with E-state index < -0.39 is 10.1 Å². The van der Waals surface area contributed by atoms with E-state index in [1.165, 1.54) is 38.5 Å². The van der Waals surface area contributed by atoms with Gasteiger partial charge in [0.15, 0.2) is 0 Å². The van der Waals surface area contributed by atoms with Crippen LogP contribution in [0.15, 0.2) is 0 Å². The Balaban J connectivity index is 0. The van der Waals surface area contributed by atoms with Crippen molar-refractivity contribution in [1.29, 1.82) is 0 Å². The van der Waals surface area contributed by atoms with Gasteiger partial charge in [-0.3, -0.25) is 9.35 Å². The molecule has 0 bridgehead atoms.